The van der Waals surface area contributed by atoms with Crippen molar-refractivity contribution in [1.82, 2.24) is 10.3 Å². The molecule has 1 saturated heterocycles. The SMILES string of the molecule is Cc1ccc(CNCc2cnc(N3CCOCC3)c(F)c2)cc1Cl. The minimum Gasteiger partial charge on any atom is -0.378 e. The average molecular weight is 350 g/mol. The highest BCUT2D eigenvalue weighted by atomic mass is 35.5. The van der Waals surface area contributed by atoms with Crippen LogP contribution in [0.15, 0.2) is 30.5 Å². The number of halogens is 2. The van der Waals surface area contributed by atoms with E-state index in [9.17, 15) is 4.39 Å². The normalized spacial score (nSPS) is 14.9. The second-order valence-electron chi connectivity index (χ2n) is 5.94. The topological polar surface area (TPSA) is 37.4 Å². The molecule has 4 nitrogen and oxygen atoms in total. The molecule has 1 fully saturated rings. The van der Waals surface area contributed by atoms with Crippen LogP contribution < -0.4 is 10.2 Å². The molecule has 0 unspecified atom stereocenters. The maximum absolute atomic E-state index is 14.3. The number of nitrogens with one attached hydrogen (secondary N) is 1. The predicted molar refractivity (Wildman–Crippen MR) is 94.0 cm³/mol. The van der Waals surface area contributed by atoms with E-state index in [1.165, 1.54) is 0 Å². The molecule has 2 aromatic rings. The summed E-state index contributed by atoms with van der Waals surface area (Å²) in [6, 6.07) is 7.53. The quantitative estimate of drug-likeness (QED) is 0.898. The zero-order valence-electron chi connectivity index (χ0n) is 13.7. The van der Waals surface area contributed by atoms with Crippen molar-refractivity contribution >= 4 is 17.4 Å². The van der Waals surface area contributed by atoms with E-state index in [1.54, 1.807) is 12.3 Å². The van der Waals surface area contributed by atoms with Crippen LogP contribution in [0.2, 0.25) is 5.02 Å². The lowest BCUT2D eigenvalue weighted by Gasteiger charge is -2.28. The molecule has 0 amide bonds. The Hall–Kier alpha value is -1.69. The Kier molecular flexibility index (Phi) is 5.66. The van der Waals surface area contributed by atoms with Crippen molar-refractivity contribution in [2.45, 2.75) is 20.0 Å². The summed E-state index contributed by atoms with van der Waals surface area (Å²) < 4.78 is 19.6. The van der Waals surface area contributed by atoms with Crippen LogP contribution in [-0.4, -0.2) is 31.3 Å². The van der Waals surface area contributed by atoms with Crippen molar-refractivity contribution in [3.63, 3.8) is 0 Å². The van der Waals surface area contributed by atoms with Crippen LogP contribution in [0.25, 0.3) is 0 Å². The first-order valence-electron chi connectivity index (χ1n) is 8.06. The summed E-state index contributed by atoms with van der Waals surface area (Å²) >= 11 is 6.12. The fourth-order valence-corrected chi connectivity index (χ4v) is 2.88. The number of benzene rings is 1. The van der Waals surface area contributed by atoms with Crippen molar-refractivity contribution in [1.29, 1.82) is 0 Å². The highest BCUT2D eigenvalue weighted by Crippen LogP contribution is 2.19. The van der Waals surface area contributed by atoms with Gasteiger partial charge in [0, 0.05) is 37.4 Å². The Balaban J connectivity index is 1.57. The molecule has 0 bridgehead atoms. The van der Waals surface area contributed by atoms with Crippen LogP contribution in [0.3, 0.4) is 0 Å². The summed E-state index contributed by atoms with van der Waals surface area (Å²) in [7, 11) is 0. The third-order valence-electron chi connectivity index (χ3n) is 4.08. The lowest BCUT2D eigenvalue weighted by atomic mass is 10.1. The van der Waals surface area contributed by atoms with Crippen LogP contribution in [0.4, 0.5) is 10.2 Å². The number of anilines is 1. The molecule has 1 aromatic carbocycles. The summed E-state index contributed by atoms with van der Waals surface area (Å²) in [5.41, 5.74) is 2.98. The number of pyridine rings is 1. The molecule has 1 aliphatic rings. The highest BCUT2D eigenvalue weighted by Gasteiger charge is 2.16. The minimum atomic E-state index is -0.283. The Bertz CT molecular complexity index is 705. The van der Waals surface area contributed by atoms with Crippen LogP contribution in [-0.2, 0) is 17.8 Å². The Morgan fingerprint density at radius 2 is 1.96 bits per heavy atom. The molecule has 2 heterocycles. The van der Waals surface area contributed by atoms with Crippen molar-refractivity contribution in [3.05, 3.63) is 58.0 Å². The van der Waals surface area contributed by atoms with Gasteiger partial charge in [-0.25, -0.2) is 9.37 Å². The third kappa shape index (κ3) is 4.23. The summed E-state index contributed by atoms with van der Waals surface area (Å²) in [5.74, 6) is 0.127. The van der Waals surface area contributed by atoms with Gasteiger partial charge in [-0.1, -0.05) is 23.7 Å². The number of morpholine rings is 1. The van der Waals surface area contributed by atoms with E-state index in [-0.39, 0.29) is 5.82 Å². The summed E-state index contributed by atoms with van der Waals surface area (Å²) in [4.78, 5) is 6.21. The first kappa shape index (κ1) is 17.1. The molecular formula is C18H21ClFN3O. The van der Waals surface area contributed by atoms with E-state index in [0.717, 1.165) is 21.7 Å². The number of hydrogen-bond acceptors (Lipinski definition) is 4. The standard InChI is InChI=1S/C18H21ClFN3O/c1-13-2-3-14(8-16(13)19)10-21-11-15-9-17(20)18(22-12-15)23-4-6-24-7-5-23/h2-3,8-9,12,21H,4-7,10-11H2,1H3. The molecule has 1 N–H and O–H groups in total. The molecule has 128 valence electrons. The summed E-state index contributed by atoms with van der Waals surface area (Å²) in [6.45, 7) is 5.79. The summed E-state index contributed by atoms with van der Waals surface area (Å²) in [5, 5.41) is 4.05. The third-order valence-corrected chi connectivity index (χ3v) is 4.49. The number of aromatic nitrogens is 1. The van der Waals surface area contributed by atoms with Crippen molar-refractivity contribution in [3.8, 4) is 0 Å². The van der Waals surface area contributed by atoms with Gasteiger partial charge in [-0.05, 0) is 35.7 Å². The number of aryl methyl sites for hydroxylation is 1. The molecule has 0 radical (unpaired) electrons. The number of rotatable bonds is 5. The molecule has 0 spiro atoms. The summed E-state index contributed by atoms with van der Waals surface area (Å²) in [6.07, 6.45) is 1.73. The van der Waals surface area contributed by atoms with Gasteiger partial charge in [0.15, 0.2) is 11.6 Å². The van der Waals surface area contributed by atoms with Crippen molar-refractivity contribution < 1.29 is 9.13 Å². The molecule has 0 aliphatic carbocycles. The van der Waals surface area contributed by atoms with Gasteiger partial charge in [0.2, 0.25) is 0 Å². The van der Waals surface area contributed by atoms with E-state index in [4.69, 9.17) is 16.3 Å². The van der Waals surface area contributed by atoms with E-state index < -0.39 is 0 Å². The molecular weight excluding hydrogens is 329 g/mol. The van der Waals surface area contributed by atoms with Gasteiger partial charge >= 0.3 is 0 Å². The monoisotopic (exact) mass is 349 g/mol. The first-order chi connectivity index (χ1) is 11.6. The largest absolute Gasteiger partial charge is 0.378 e. The van der Waals surface area contributed by atoms with Gasteiger partial charge < -0.3 is 15.0 Å². The number of nitrogens with zero attached hydrogens (tertiary/aromatic N) is 2. The average Bonchev–Trinajstić information content (AvgIpc) is 2.59. The van der Waals surface area contributed by atoms with E-state index in [1.807, 2.05) is 30.0 Å². The molecule has 1 aliphatic heterocycles. The zero-order valence-corrected chi connectivity index (χ0v) is 14.4. The minimum absolute atomic E-state index is 0.283. The van der Waals surface area contributed by atoms with Gasteiger partial charge in [0.05, 0.1) is 13.2 Å². The van der Waals surface area contributed by atoms with Gasteiger partial charge in [0.1, 0.15) is 0 Å². The fraction of sp³-hybridized carbons (Fsp3) is 0.389. The van der Waals surface area contributed by atoms with Gasteiger partial charge in [-0.2, -0.15) is 0 Å². The van der Waals surface area contributed by atoms with Crippen LogP contribution in [0, 0.1) is 12.7 Å². The smallest absolute Gasteiger partial charge is 0.165 e. The Morgan fingerprint density at radius 1 is 1.21 bits per heavy atom. The zero-order chi connectivity index (χ0) is 16.9. The molecule has 0 atom stereocenters. The van der Waals surface area contributed by atoms with Crippen molar-refractivity contribution in [2.24, 2.45) is 0 Å². The van der Waals surface area contributed by atoms with Crippen LogP contribution in [0.5, 0.6) is 0 Å². The van der Waals surface area contributed by atoms with Gasteiger partial charge in [-0.15, -0.1) is 0 Å². The fourth-order valence-electron chi connectivity index (χ4n) is 2.67. The predicted octanol–water partition coefficient (Wildman–Crippen LogP) is 3.31. The highest BCUT2D eigenvalue weighted by molar-refractivity contribution is 6.31. The Labute approximate surface area is 146 Å². The van der Waals surface area contributed by atoms with Crippen LogP contribution in [0.1, 0.15) is 16.7 Å². The molecule has 0 saturated carbocycles. The maximum Gasteiger partial charge on any atom is 0.165 e. The number of hydrogen-bond donors (Lipinski definition) is 1. The van der Waals surface area contributed by atoms with E-state index in [0.29, 0.717) is 45.2 Å². The molecule has 6 heteroatoms. The van der Waals surface area contributed by atoms with Crippen molar-refractivity contribution in [2.75, 3.05) is 31.2 Å². The first-order valence-corrected chi connectivity index (χ1v) is 8.44. The number of ether oxygens (including phenoxy) is 1. The molecule has 1 aromatic heterocycles. The van der Waals surface area contributed by atoms with E-state index in [2.05, 4.69) is 10.3 Å². The van der Waals surface area contributed by atoms with E-state index >= 15 is 0 Å². The van der Waals surface area contributed by atoms with Crippen LogP contribution >= 0.6 is 11.6 Å². The maximum atomic E-state index is 14.3. The lowest BCUT2D eigenvalue weighted by Crippen LogP contribution is -2.37. The van der Waals surface area contributed by atoms with Gasteiger partial charge in [0.25, 0.3) is 0 Å². The Morgan fingerprint density at radius 3 is 2.67 bits per heavy atom. The lowest BCUT2D eigenvalue weighted by molar-refractivity contribution is 0.122. The molecule has 3 rings (SSSR count). The second-order valence-corrected chi connectivity index (χ2v) is 6.34. The van der Waals surface area contributed by atoms with Gasteiger partial charge in [-0.3, -0.25) is 0 Å². The second kappa shape index (κ2) is 7.92. The molecule has 24 heavy (non-hydrogen) atoms.